The van der Waals surface area contributed by atoms with Gasteiger partial charge in [-0.15, -0.1) is 23.1 Å². The third kappa shape index (κ3) is 3.96. The Morgan fingerprint density at radius 1 is 1.48 bits per heavy atom. The van der Waals surface area contributed by atoms with E-state index in [0.717, 1.165) is 4.90 Å². The first kappa shape index (κ1) is 15.8. The summed E-state index contributed by atoms with van der Waals surface area (Å²) in [6.07, 6.45) is 1.91. The normalized spacial score (nSPS) is 10.4. The molecule has 8 heteroatoms. The second-order valence-corrected chi connectivity index (χ2v) is 6.19. The Morgan fingerprint density at radius 3 is 2.86 bits per heavy atom. The maximum Gasteiger partial charge on any atom is 0.355 e. The van der Waals surface area contributed by atoms with E-state index >= 15 is 0 Å². The smallest absolute Gasteiger partial charge is 0.355 e. The number of thioether (sulfide) groups is 1. The van der Waals surface area contributed by atoms with Crippen LogP contribution in [0.15, 0.2) is 28.5 Å². The van der Waals surface area contributed by atoms with E-state index in [2.05, 4.69) is 10.3 Å². The van der Waals surface area contributed by atoms with Gasteiger partial charge in [-0.25, -0.2) is 9.78 Å². The van der Waals surface area contributed by atoms with Crippen molar-refractivity contribution >= 4 is 46.6 Å². The van der Waals surface area contributed by atoms with Gasteiger partial charge in [0.25, 0.3) is 5.91 Å². The number of aromatic nitrogens is 1. The van der Waals surface area contributed by atoms with Crippen LogP contribution in [0.3, 0.4) is 0 Å². The van der Waals surface area contributed by atoms with Crippen LogP contribution in [0.5, 0.6) is 0 Å². The van der Waals surface area contributed by atoms with E-state index in [1.807, 2.05) is 12.3 Å². The van der Waals surface area contributed by atoms with Gasteiger partial charge in [-0.05, 0) is 24.5 Å². The SMILES string of the molecule is CSc1ccc(Cl)c(C(=O)NCc2nc(C(=O)O)cs2)c1. The number of hydrogen-bond acceptors (Lipinski definition) is 5. The van der Waals surface area contributed by atoms with Crippen LogP contribution in [0.4, 0.5) is 0 Å². The zero-order chi connectivity index (χ0) is 15.4. The first-order chi connectivity index (χ1) is 10.0. The van der Waals surface area contributed by atoms with E-state index in [4.69, 9.17) is 16.7 Å². The number of carboxylic acid groups (broad SMARTS) is 1. The number of carboxylic acids is 1. The number of amides is 1. The minimum absolute atomic E-state index is 0.0216. The summed E-state index contributed by atoms with van der Waals surface area (Å²) >= 11 is 8.71. The van der Waals surface area contributed by atoms with Gasteiger partial charge in [0, 0.05) is 10.3 Å². The maximum atomic E-state index is 12.1. The number of nitrogens with zero attached hydrogens (tertiary/aromatic N) is 1. The van der Waals surface area contributed by atoms with Crippen molar-refractivity contribution in [2.45, 2.75) is 11.4 Å². The van der Waals surface area contributed by atoms with Crippen molar-refractivity contribution < 1.29 is 14.7 Å². The predicted octanol–water partition coefficient (Wildman–Crippen LogP) is 3.15. The Kier molecular flexibility index (Phi) is 5.22. The van der Waals surface area contributed by atoms with Crippen LogP contribution in [0.25, 0.3) is 0 Å². The first-order valence-corrected chi connectivity index (χ1v) is 8.29. The van der Waals surface area contributed by atoms with E-state index in [1.54, 1.807) is 12.1 Å². The van der Waals surface area contributed by atoms with Crippen molar-refractivity contribution in [3.05, 3.63) is 44.9 Å². The molecule has 2 N–H and O–H groups in total. The molecule has 0 fully saturated rings. The molecule has 0 spiro atoms. The van der Waals surface area contributed by atoms with Gasteiger partial charge in [0.2, 0.25) is 0 Å². The molecule has 0 saturated carbocycles. The molecule has 5 nitrogen and oxygen atoms in total. The molecule has 110 valence electrons. The van der Waals surface area contributed by atoms with Crippen molar-refractivity contribution in [3.8, 4) is 0 Å². The van der Waals surface area contributed by atoms with Crippen molar-refractivity contribution in [2.24, 2.45) is 0 Å². The first-order valence-electron chi connectivity index (χ1n) is 5.80. The average Bonchev–Trinajstić information content (AvgIpc) is 2.94. The second-order valence-electron chi connectivity index (χ2n) is 3.96. The third-order valence-corrected chi connectivity index (χ3v) is 4.49. The van der Waals surface area contributed by atoms with Gasteiger partial charge in [0.05, 0.1) is 17.1 Å². The van der Waals surface area contributed by atoms with E-state index < -0.39 is 5.97 Å². The zero-order valence-corrected chi connectivity index (χ0v) is 13.3. The molecule has 1 aromatic carbocycles. The summed E-state index contributed by atoms with van der Waals surface area (Å²) in [5, 5.41) is 13.8. The molecule has 0 saturated heterocycles. The van der Waals surface area contributed by atoms with E-state index in [1.165, 1.54) is 28.5 Å². The number of nitrogens with one attached hydrogen (secondary N) is 1. The van der Waals surface area contributed by atoms with E-state index in [-0.39, 0.29) is 18.1 Å². The lowest BCUT2D eigenvalue weighted by atomic mass is 10.2. The number of carbonyl (C=O) groups excluding carboxylic acids is 1. The molecular formula is C13H11ClN2O3S2. The van der Waals surface area contributed by atoms with Gasteiger partial charge in [0.1, 0.15) is 5.01 Å². The molecule has 0 aliphatic heterocycles. The van der Waals surface area contributed by atoms with Crippen molar-refractivity contribution in [1.82, 2.24) is 10.3 Å². The number of aromatic carboxylic acids is 1. The molecule has 2 aromatic rings. The third-order valence-electron chi connectivity index (χ3n) is 2.59. The number of thiazole rings is 1. The van der Waals surface area contributed by atoms with Crippen LogP contribution >= 0.6 is 34.7 Å². The molecule has 2 rings (SSSR count). The molecule has 1 aromatic heterocycles. The maximum absolute atomic E-state index is 12.1. The molecular weight excluding hydrogens is 332 g/mol. The van der Waals surface area contributed by atoms with Gasteiger partial charge >= 0.3 is 5.97 Å². The van der Waals surface area contributed by atoms with Crippen molar-refractivity contribution in [2.75, 3.05) is 6.26 Å². The minimum atomic E-state index is -1.08. The Bertz CT molecular complexity index is 688. The topological polar surface area (TPSA) is 79.3 Å². The van der Waals surface area contributed by atoms with Gasteiger partial charge in [0.15, 0.2) is 5.69 Å². The fraction of sp³-hybridized carbons (Fsp3) is 0.154. The molecule has 1 amide bonds. The Balaban J connectivity index is 2.05. The highest BCUT2D eigenvalue weighted by atomic mass is 35.5. The standard InChI is InChI=1S/C13H11ClN2O3S2/c1-20-7-2-3-9(14)8(4-7)12(17)15-5-11-16-10(6-21-11)13(18)19/h2-4,6H,5H2,1H3,(H,15,17)(H,18,19). The number of carbonyl (C=O) groups is 2. The minimum Gasteiger partial charge on any atom is -0.476 e. The summed E-state index contributed by atoms with van der Waals surface area (Å²) in [6, 6.07) is 5.23. The Morgan fingerprint density at radius 2 is 2.24 bits per heavy atom. The number of hydrogen-bond donors (Lipinski definition) is 2. The van der Waals surface area contributed by atoms with Crippen molar-refractivity contribution in [1.29, 1.82) is 0 Å². The molecule has 0 radical (unpaired) electrons. The number of benzene rings is 1. The molecule has 1 heterocycles. The van der Waals surface area contributed by atoms with Crippen LogP contribution in [-0.2, 0) is 6.54 Å². The molecule has 0 unspecified atom stereocenters. The van der Waals surface area contributed by atoms with Gasteiger partial charge in [-0.1, -0.05) is 11.6 Å². The monoisotopic (exact) mass is 342 g/mol. The lowest BCUT2D eigenvalue weighted by molar-refractivity contribution is 0.0691. The number of rotatable bonds is 5. The highest BCUT2D eigenvalue weighted by Crippen LogP contribution is 2.23. The predicted molar refractivity (Wildman–Crippen MR) is 83.5 cm³/mol. The zero-order valence-electron chi connectivity index (χ0n) is 10.9. The highest BCUT2D eigenvalue weighted by molar-refractivity contribution is 7.98. The largest absolute Gasteiger partial charge is 0.476 e. The molecule has 0 atom stereocenters. The summed E-state index contributed by atoms with van der Waals surface area (Å²) < 4.78 is 0. The fourth-order valence-electron chi connectivity index (χ4n) is 1.55. The van der Waals surface area contributed by atoms with Crippen LogP contribution in [-0.4, -0.2) is 28.2 Å². The Labute approximate surface area is 134 Å². The van der Waals surface area contributed by atoms with Crippen LogP contribution < -0.4 is 5.32 Å². The van der Waals surface area contributed by atoms with Gasteiger partial charge in [-0.3, -0.25) is 4.79 Å². The van der Waals surface area contributed by atoms with E-state index in [9.17, 15) is 9.59 Å². The summed E-state index contributed by atoms with van der Waals surface area (Å²) in [7, 11) is 0. The van der Waals surface area contributed by atoms with E-state index in [0.29, 0.717) is 15.6 Å². The lowest BCUT2D eigenvalue weighted by Gasteiger charge is -2.06. The molecule has 0 bridgehead atoms. The second kappa shape index (κ2) is 6.93. The fourth-order valence-corrected chi connectivity index (χ4v) is 2.90. The summed E-state index contributed by atoms with van der Waals surface area (Å²) in [6.45, 7) is 0.163. The average molecular weight is 343 g/mol. The van der Waals surface area contributed by atoms with Crippen molar-refractivity contribution in [3.63, 3.8) is 0 Å². The van der Waals surface area contributed by atoms with Crippen LogP contribution in [0.2, 0.25) is 5.02 Å². The molecule has 0 aliphatic carbocycles. The van der Waals surface area contributed by atoms with Gasteiger partial charge in [-0.2, -0.15) is 0 Å². The highest BCUT2D eigenvalue weighted by Gasteiger charge is 2.13. The summed E-state index contributed by atoms with van der Waals surface area (Å²) in [4.78, 5) is 27.7. The molecule has 0 aliphatic rings. The van der Waals surface area contributed by atoms with Crippen LogP contribution in [0, 0.1) is 0 Å². The van der Waals surface area contributed by atoms with Gasteiger partial charge < -0.3 is 10.4 Å². The van der Waals surface area contributed by atoms with Crippen LogP contribution in [0.1, 0.15) is 25.9 Å². The summed E-state index contributed by atoms with van der Waals surface area (Å²) in [5.74, 6) is -1.40. The Hall–Kier alpha value is -1.57. The quantitative estimate of drug-likeness (QED) is 0.816. The molecule has 21 heavy (non-hydrogen) atoms. The lowest BCUT2D eigenvalue weighted by Crippen LogP contribution is -2.23. The number of halogens is 1. The summed E-state index contributed by atoms with van der Waals surface area (Å²) in [5.41, 5.74) is 0.366.